The molecule has 3 heteroatoms. The molecule has 0 aliphatic rings. The summed E-state index contributed by atoms with van der Waals surface area (Å²) in [6.07, 6.45) is 0. The van der Waals surface area contributed by atoms with Gasteiger partial charge < -0.3 is 5.32 Å². The van der Waals surface area contributed by atoms with Crippen molar-refractivity contribution in [1.82, 2.24) is 10.3 Å². The Balaban J connectivity index is 2.05. The van der Waals surface area contributed by atoms with E-state index in [1.54, 1.807) is 11.3 Å². The predicted molar refractivity (Wildman–Crippen MR) is 100 cm³/mol. The average Bonchev–Trinajstić information content (AvgIpc) is 3.08. The van der Waals surface area contributed by atoms with E-state index in [0.717, 1.165) is 10.7 Å². The lowest BCUT2D eigenvalue weighted by Crippen LogP contribution is -2.11. The lowest BCUT2D eigenvalue weighted by molar-refractivity contribution is 0.648. The van der Waals surface area contributed by atoms with Crippen molar-refractivity contribution in [2.24, 2.45) is 0 Å². The van der Waals surface area contributed by atoms with Crippen LogP contribution in [0.15, 0.2) is 60.0 Å². The molecule has 3 aromatic carbocycles. The van der Waals surface area contributed by atoms with Gasteiger partial charge in [-0.25, -0.2) is 4.98 Å². The topological polar surface area (TPSA) is 24.9 Å². The van der Waals surface area contributed by atoms with Crippen molar-refractivity contribution in [1.29, 1.82) is 0 Å². The van der Waals surface area contributed by atoms with Gasteiger partial charge in [-0.2, -0.15) is 0 Å². The zero-order valence-corrected chi connectivity index (χ0v) is 14.0. The molecule has 1 atom stereocenters. The minimum Gasteiger partial charge on any atom is -0.311 e. The van der Waals surface area contributed by atoms with Gasteiger partial charge in [0.1, 0.15) is 5.01 Å². The zero-order chi connectivity index (χ0) is 15.8. The summed E-state index contributed by atoms with van der Waals surface area (Å²) in [6, 6.07) is 19.7. The van der Waals surface area contributed by atoms with Crippen LogP contribution in [0.25, 0.3) is 32.8 Å². The quantitative estimate of drug-likeness (QED) is 0.512. The molecule has 114 valence electrons. The van der Waals surface area contributed by atoms with Crippen LogP contribution in [-0.2, 0) is 0 Å². The van der Waals surface area contributed by atoms with E-state index in [-0.39, 0.29) is 6.04 Å². The van der Waals surface area contributed by atoms with Crippen LogP contribution in [0.2, 0.25) is 0 Å². The molecule has 1 N–H and O–H groups in total. The number of aromatic nitrogens is 1. The SMILES string of the molecule is CNC(C)c1nc(-c2c3ccccc3cc3ccccc23)cs1. The highest BCUT2D eigenvalue weighted by Crippen LogP contribution is 2.37. The molecule has 1 aromatic heterocycles. The van der Waals surface area contributed by atoms with Crippen molar-refractivity contribution in [2.45, 2.75) is 13.0 Å². The fraction of sp³-hybridized carbons (Fsp3) is 0.150. The molecule has 1 unspecified atom stereocenters. The second kappa shape index (κ2) is 5.76. The number of thiazole rings is 1. The van der Waals surface area contributed by atoms with Crippen LogP contribution in [0.1, 0.15) is 18.0 Å². The molecule has 4 aromatic rings. The number of fused-ring (bicyclic) bond motifs is 2. The van der Waals surface area contributed by atoms with Gasteiger partial charge in [-0.3, -0.25) is 0 Å². The molecule has 23 heavy (non-hydrogen) atoms. The van der Waals surface area contributed by atoms with Gasteiger partial charge in [0.25, 0.3) is 0 Å². The van der Waals surface area contributed by atoms with E-state index in [4.69, 9.17) is 4.98 Å². The lowest BCUT2D eigenvalue weighted by atomic mass is 9.95. The Bertz CT molecular complexity index is 933. The third kappa shape index (κ3) is 2.42. The smallest absolute Gasteiger partial charge is 0.110 e. The first-order valence-electron chi connectivity index (χ1n) is 7.81. The maximum Gasteiger partial charge on any atom is 0.110 e. The van der Waals surface area contributed by atoms with Crippen molar-refractivity contribution >= 4 is 32.9 Å². The van der Waals surface area contributed by atoms with Crippen LogP contribution < -0.4 is 5.32 Å². The van der Waals surface area contributed by atoms with Crippen LogP contribution in [0.3, 0.4) is 0 Å². The standard InChI is InChI=1S/C20H18N2S/c1-13(21-2)20-22-18(12-23-20)19-16-9-5-3-7-14(16)11-15-8-4-6-10-17(15)19/h3-13,21H,1-2H3. The van der Waals surface area contributed by atoms with Gasteiger partial charge in [-0.1, -0.05) is 48.5 Å². The highest BCUT2D eigenvalue weighted by molar-refractivity contribution is 7.10. The summed E-state index contributed by atoms with van der Waals surface area (Å²) in [6.45, 7) is 2.14. The number of nitrogens with zero attached hydrogens (tertiary/aromatic N) is 1. The van der Waals surface area contributed by atoms with Gasteiger partial charge in [-0.05, 0) is 41.6 Å². The normalized spacial score (nSPS) is 12.8. The number of hydrogen-bond acceptors (Lipinski definition) is 3. The monoisotopic (exact) mass is 318 g/mol. The van der Waals surface area contributed by atoms with E-state index < -0.39 is 0 Å². The highest BCUT2D eigenvalue weighted by Gasteiger charge is 2.14. The maximum absolute atomic E-state index is 4.91. The molecule has 2 nitrogen and oxygen atoms in total. The molecular weight excluding hydrogens is 300 g/mol. The number of nitrogens with one attached hydrogen (secondary N) is 1. The van der Waals surface area contributed by atoms with Gasteiger partial charge in [0.15, 0.2) is 0 Å². The molecule has 0 aliphatic heterocycles. The summed E-state index contributed by atoms with van der Waals surface area (Å²) >= 11 is 1.72. The summed E-state index contributed by atoms with van der Waals surface area (Å²) in [7, 11) is 1.97. The van der Waals surface area contributed by atoms with Gasteiger partial charge >= 0.3 is 0 Å². The Morgan fingerprint density at radius 2 is 1.57 bits per heavy atom. The second-order valence-corrected chi connectivity index (χ2v) is 6.66. The van der Waals surface area contributed by atoms with Crippen molar-refractivity contribution < 1.29 is 0 Å². The summed E-state index contributed by atoms with van der Waals surface area (Å²) in [5.41, 5.74) is 2.31. The van der Waals surface area contributed by atoms with Gasteiger partial charge in [-0.15, -0.1) is 11.3 Å². The average molecular weight is 318 g/mol. The Morgan fingerprint density at radius 1 is 0.957 bits per heavy atom. The molecule has 0 spiro atoms. The second-order valence-electron chi connectivity index (χ2n) is 5.78. The third-order valence-corrected chi connectivity index (χ3v) is 5.38. The van der Waals surface area contributed by atoms with Gasteiger partial charge in [0, 0.05) is 10.9 Å². The minimum atomic E-state index is 0.273. The lowest BCUT2D eigenvalue weighted by Gasteiger charge is -2.10. The molecule has 0 saturated carbocycles. The van der Waals surface area contributed by atoms with E-state index in [9.17, 15) is 0 Å². The van der Waals surface area contributed by atoms with E-state index in [0.29, 0.717) is 0 Å². The van der Waals surface area contributed by atoms with E-state index in [1.165, 1.54) is 27.1 Å². The summed E-state index contributed by atoms with van der Waals surface area (Å²) in [5.74, 6) is 0. The van der Waals surface area contributed by atoms with E-state index >= 15 is 0 Å². The molecule has 1 heterocycles. The zero-order valence-electron chi connectivity index (χ0n) is 13.2. The Kier molecular flexibility index (Phi) is 3.60. The summed E-state index contributed by atoms with van der Waals surface area (Å²) < 4.78 is 0. The van der Waals surface area contributed by atoms with Crippen LogP contribution >= 0.6 is 11.3 Å². The molecule has 0 bridgehead atoms. The minimum absolute atomic E-state index is 0.273. The molecule has 0 aliphatic carbocycles. The number of rotatable bonds is 3. The van der Waals surface area contributed by atoms with Crippen LogP contribution in [-0.4, -0.2) is 12.0 Å². The summed E-state index contributed by atoms with van der Waals surface area (Å²) in [5, 5.41) is 11.6. The first kappa shape index (κ1) is 14.4. The third-order valence-electron chi connectivity index (χ3n) is 4.35. The fourth-order valence-electron chi connectivity index (χ4n) is 3.01. The molecular formula is C20H18N2S. The Hall–Kier alpha value is -2.23. The maximum atomic E-state index is 4.91. The Labute approximate surface area is 139 Å². The molecule has 4 rings (SSSR count). The number of hydrogen-bond donors (Lipinski definition) is 1. The van der Waals surface area contributed by atoms with Gasteiger partial charge in [0.2, 0.25) is 0 Å². The largest absolute Gasteiger partial charge is 0.311 e. The summed E-state index contributed by atoms with van der Waals surface area (Å²) in [4.78, 5) is 4.91. The fourth-order valence-corrected chi connectivity index (χ4v) is 3.89. The van der Waals surface area contributed by atoms with Gasteiger partial charge in [0.05, 0.1) is 11.7 Å². The van der Waals surface area contributed by atoms with E-state index in [1.807, 2.05) is 7.05 Å². The van der Waals surface area contributed by atoms with Crippen molar-refractivity contribution in [3.63, 3.8) is 0 Å². The van der Waals surface area contributed by atoms with Crippen molar-refractivity contribution in [3.05, 3.63) is 65.0 Å². The van der Waals surface area contributed by atoms with Crippen LogP contribution in [0.5, 0.6) is 0 Å². The van der Waals surface area contributed by atoms with E-state index in [2.05, 4.69) is 72.2 Å². The van der Waals surface area contributed by atoms with Crippen LogP contribution in [0.4, 0.5) is 0 Å². The molecule has 0 radical (unpaired) electrons. The van der Waals surface area contributed by atoms with Crippen LogP contribution in [0, 0.1) is 0 Å². The Morgan fingerprint density at radius 3 is 2.17 bits per heavy atom. The predicted octanol–water partition coefficient (Wildman–Crippen LogP) is 5.40. The molecule has 0 amide bonds. The first-order chi connectivity index (χ1) is 11.3. The van der Waals surface area contributed by atoms with Crippen molar-refractivity contribution in [2.75, 3.05) is 7.05 Å². The molecule has 0 fully saturated rings. The first-order valence-corrected chi connectivity index (χ1v) is 8.69. The molecule has 0 saturated heterocycles. The highest BCUT2D eigenvalue weighted by atomic mass is 32.1. The number of benzene rings is 3. The van der Waals surface area contributed by atoms with Crippen molar-refractivity contribution in [3.8, 4) is 11.3 Å².